The predicted octanol–water partition coefficient (Wildman–Crippen LogP) is 2.62. The summed E-state index contributed by atoms with van der Waals surface area (Å²) in [5.74, 6) is 0.856. The molecule has 0 fully saturated rings. The molecule has 1 aliphatic carbocycles. The number of amides is 1. The van der Waals surface area contributed by atoms with Gasteiger partial charge in [-0.2, -0.15) is 0 Å². The Morgan fingerprint density at radius 1 is 1.58 bits per heavy atom. The second kappa shape index (κ2) is 6.06. The van der Waals surface area contributed by atoms with Crippen LogP contribution in [0, 0.1) is 11.8 Å². The van der Waals surface area contributed by atoms with Gasteiger partial charge in [0.2, 0.25) is 0 Å². The lowest BCUT2D eigenvalue weighted by Crippen LogP contribution is -2.35. The third-order valence-electron chi connectivity index (χ3n) is 3.89. The first-order valence-electron chi connectivity index (χ1n) is 7.04. The molecule has 2 rings (SSSR count). The van der Waals surface area contributed by atoms with Gasteiger partial charge in [-0.05, 0) is 36.7 Å². The SMILES string of the molecule is CC1CCc2c(C(=O)NCC(O)C(C)C)csc2C1. The Hall–Kier alpha value is -0.870. The largest absolute Gasteiger partial charge is 0.391 e. The van der Waals surface area contributed by atoms with Crippen LogP contribution in [0.15, 0.2) is 5.38 Å². The van der Waals surface area contributed by atoms with Gasteiger partial charge in [-0.3, -0.25) is 4.79 Å². The van der Waals surface area contributed by atoms with E-state index in [1.165, 1.54) is 16.9 Å². The van der Waals surface area contributed by atoms with Gasteiger partial charge >= 0.3 is 0 Å². The lowest BCUT2D eigenvalue weighted by Gasteiger charge is -2.19. The molecule has 0 saturated heterocycles. The van der Waals surface area contributed by atoms with Gasteiger partial charge in [0.15, 0.2) is 0 Å². The number of aliphatic hydroxyl groups excluding tert-OH is 1. The number of carbonyl (C=O) groups is 1. The van der Waals surface area contributed by atoms with Crippen molar-refractivity contribution in [1.29, 1.82) is 0 Å². The van der Waals surface area contributed by atoms with Gasteiger partial charge < -0.3 is 10.4 Å². The molecule has 0 saturated carbocycles. The number of thiophene rings is 1. The van der Waals surface area contributed by atoms with Gasteiger partial charge in [0.1, 0.15) is 0 Å². The van der Waals surface area contributed by atoms with Crippen LogP contribution in [0.25, 0.3) is 0 Å². The van der Waals surface area contributed by atoms with Crippen LogP contribution in [-0.2, 0) is 12.8 Å². The number of aliphatic hydroxyl groups is 1. The number of fused-ring (bicyclic) bond motifs is 1. The van der Waals surface area contributed by atoms with Crippen molar-refractivity contribution in [2.75, 3.05) is 6.54 Å². The van der Waals surface area contributed by atoms with Crippen LogP contribution in [0.3, 0.4) is 0 Å². The Morgan fingerprint density at radius 3 is 3.00 bits per heavy atom. The summed E-state index contributed by atoms with van der Waals surface area (Å²) >= 11 is 1.70. The van der Waals surface area contributed by atoms with Crippen LogP contribution < -0.4 is 5.32 Å². The third-order valence-corrected chi connectivity index (χ3v) is 4.94. The summed E-state index contributed by atoms with van der Waals surface area (Å²) in [6.07, 6.45) is 2.80. The predicted molar refractivity (Wildman–Crippen MR) is 78.7 cm³/mol. The summed E-state index contributed by atoms with van der Waals surface area (Å²) in [6, 6.07) is 0. The van der Waals surface area contributed by atoms with E-state index in [9.17, 15) is 9.90 Å². The number of hydrogen-bond donors (Lipinski definition) is 2. The molecule has 106 valence electrons. The highest BCUT2D eigenvalue weighted by molar-refractivity contribution is 7.10. The number of hydrogen-bond acceptors (Lipinski definition) is 3. The van der Waals surface area contributed by atoms with E-state index in [0.717, 1.165) is 24.3 Å². The van der Waals surface area contributed by atoms with Crippen LogP contribution in [0.2, 0.25) is 0 Å². The molecule has 3 nitrogen and oxygen atoms in total. The molecule has 4 heteroatoms. The van der Waals surface area contributed by atoms with Crippen molar-refractivity contribution in [2.24, 2.45) is 11.8 Å². The van der Waals surface area contributed by atoms with Crippen molar-refractivity contribution in [1.82, 2.24) is 5.32 Å². The van der Waals surface area contributed by atoms with Crippen molar-refractivity contribution >= 4 is 17.2 Å². The Morgan fingerprint density at radius 2 is 2.32 bits per heavy atom. The zero-order valence-corrected chi connectivity index (χ0v) is 12.7. The second-order valence-corrected chi connectivity index (χ2v) is 6.88. The average Bonchev–Trinajstić information content (AvgIpc) is 2.78. The monoisotopic (exact) mass is 281 g/mol. The van der Waals surface area contributed by atoms with Crippen molar-refractivity contribution in [2.45, 2.75) is 46.1 Å². The van der Waals surface area contributed by atoms with E-state index < -0.39 is 6.10 Å². The van der Waals surface area contributed by atoms with E-state index in [1.807, 2.05) is 19.2 Å². The summed E-state index contributed by atoms with van der Waals surface area (Å²) in [6.45, 7) is 6.49. The van der Waals surface area contributed by atoms with E-state index in [2.05, 4.69) is 12.2 Å². The minimum absolute atomic E-state index is 0.0354. The van der Waals surface area contributed by atoms with Gasteiger partial charge in [0.25, 0.3) is 5.91 Å². The Labute approximate surface area is 119 Å². The molecule has 2 N–H and O–H groups in total. The highest BCUT2D eigenvalue weighted by Gasteiger charge is 2.23. The van der Waals surface area contributed by atoms with Crippen LogP contribution >= 0.6 is 11.3 Å². The van der Waals surface area contributed by atoms with E-state index in [0.29, 0.717) is 6.54 Å². The topological polar surface area (TPSA) is 49.3 Å². The molecule has 1 aromatic rings. The molecule has 2 atom stereocenters. The molecule has 0 bridgehead atoms. The zero-order valence-electron chi connectivity index (χ0n) is 11.9. The molecule has 0 aromatic carbocycles. The second-order valence-electron chi connectivity index (χ2n) is 5.92. The van der Waals surface area contributed by atoms with Crippen LogP contribution in [0.4, 0.5) is 0 Å². The van der Waals surface area contributed by atoms with Crippen molar-refractivity contribution in [3.8, 4) is 0 Å². The normalized spacial score (nSPS) is 20.2. The number of carbonyl (C=O) groups excluding carboxylic acids is 1. The standard InChI is InChI=1S/C15H23NO2S/c1-9(2)13(17)7-16-15(18)12-8-19-14-6-10(3)4-5-11(12)14/h8-10,13,17H,4-7H2,1-3H3,(H,16,18). The highest BCUT2D eigenvalue weighted by atomic mass is 32.1. The fourth-order valence-corrected chi connectivity index (χ4v) is 3.64. The van der Waals surface area contributed by atoms with Gasteiger partial charge in [0, 0.05) is 16.8 Å². The van der Waals surface area contributed by atoms with E-state index in [-0.39, 0.29) is 11.8 Å². The minimum atomic E-state index is -0.474. The summed E-state index contributed by atoms with van der Waals surface area (Å²) in [7, 11) is 0. The molecule has 0 aliphatic heterocycles. The van der Waals surface area contributed by atoms with E-state index in [4.69, 9.17) is 0 Å². The van der Waals surface area contributed by atoms with E-state index >= 15 is 0 Å². The first-order chi connectivity index (χ1) is 8.99. The molecule has 1 aliphatic rings. The maximum atomic E-state index is 12.2. The number of rotatable bonds is 4. The van der Waals surface area contributed by atoms with Gasteiger partial charge in [-0.25, -0.2) is 0 Å². The number of nitrogens with one attached hydrogen (secondary N) is 1. The maximum Gasteiger partial charge on any atom is 0.252 e. The van der Waals surface area contributed by atoms with Crippen molar-refractivity contribution in [3.63, 3.8) is 0 Å². The highest BCUT2D eigenvalue weighted by Crippen LogP contribution is 2.32. The zero-order chi connectivity index (χ0) is 14.0. The van der Waals surface area contributed by atoms with Crippen molar-refractivity contribution in [3.05, 3.63) is 21.4 Å². The quantitative estimate of drug-likeness (QED) is 0.891. The fraction of sp³-hybridized carbons (Fsp3) is 0.667. The average molecular weight is 281 g/mol. The lowest BCUT2D eigenvalue weighted by atomic mass is 9.88. The summed E-state index contributed by atoms with van der Waals surface area (Å²) < 4.78 is 0. The Bertz CT molecular complexity index is 453. The summed E-state index contributed by atoms with van der Waals surface area (Å²) in [5.41, 5.74) is 2.06. The molecule has 0 spiro atoms. The smallest absolute Gasteiger partial charge is 0.252 e. The molecular weight excluding hydrogens is 258 g/mol. The Kier molecular flexibility index (Phi) is 4.63. The van der Waals surface area contributed by atoms with Crippen LogP contribution in [-0.4, -0.2) is 23.7 Å². The summed E-state index contributed by atoms with van der Waals surface area (Å²) in [5, 5.41) is 14.6. The van der Waals surface area contributed by atoms with Crippen molar-refractivity contribution < 1.29 is 9.90 Å². The molecule has 1 heterocycles. The van der Waals surface area contributed by atoms with Gasteiger partial charge in [0.05, 0.1) is 11.7 Å². The molecule has 0 radical (unpaired) electrons. The summed E-state index contributed by atoms with van der Waals surface area (Å²) in [4.78, 5) is 13.5. The molecule has 1 aromatic heterocycles. The Balaban J connectivity index is 2.01. The molecule has 19 heavy (non-hydrogen) atoms. The van der Waals surface area contributed by atoms with Crippen LogP contribution in [0.1, 0.15) is 48.0 Å². The van der Waals surface area contributed by atoms with Gasteiger partial charge in [-0.15, -0.1) is 11.3 Å². The fourth-order valence-electron chi connectivity index (χ4n) is 2.40. The first kappa shape index (κ1) is 14.5. The molecular formula is C15H23NO2S. The minimum Gasteiger partial charge on any atom is -0.391 e. The lowest BCUT2D eigenvalue weighted by molar-refractivity contribution is 0.0871. The van der Waals surface area contributed by atoms with Crippen LogP contribution in [0.5, 0.6) is 0 Å². The van der Waals surface area contributed by atoms with Gasteiger partial charge in [-0.1, -0.05) is 20.8 Å². The maximum absolute atomic E-state index is 12.2. The van der Waals surface area contributed by atoms with E-state index in [1.54, 1.807) is 11.3 Å². The molecule has 1 amide bonds. The first-order valence-corrected chi connectivity index (χ1v) is 7.92. The third kappa shape index (κ3) is 3.37. The molecule has 2 unspecified atom stereocenters.